The first kappa shape index (κ1) is 21.0. The molecule has 1 aromatic carbocycles. The summed E-state index contributed by atoms with van der Waals surface area (Å²) >= 11 is 0. The molecule has 0 heterocycles. The van der Waals surface area contributed by atoms with Crippen LogP contribution in [0.5, 0.6) is 11.5 Å². The largest absolute Gasteiger partial charge is 0.493 e. The lowest BCUT2D eigenvalue weighted by atomic mass is 10.2. The monoisotopic (exact) mass is 372 g/mol. The van der Waals surface area contributed by atoms with Gasteiger partial charge in [0.15, 0.2) is 17.5 Å². The van der Waals surface area contributed by atoms with Gasteiger partial charge >= 0.3 is 0 Å². The quantitative estimate of drug-likeness (QED) is 0.326. The van der Waals surface area contributed by atoms with Crippen molar-refractivity contribution in [3.8, 4) is 11.5 Å². The van der Waals surface area contributed by atoms with Crippen LogP contribution < -0.4 is 24.8 Å². The number of guanidine groups is 1. The van der Waals surface area contributed by atoms with E-state index in [1.54, 1.807) is 21.1 Å². The van der Waals surface area contributed by atoms with Gasteiger partial charge in [0, 0.05) is 31.9 Å². The summed E-state index contributed by atoms with van der Waals surface area (Å²) in [5.41, 5.74) is 0.809. The minimum Gasteiger partial charge on any atom is -0.493 e. The van der Waals surface area contributed by atoms with Crippen molar-refractivity contribution in [2.24, 2.45) is 4.99 Å². The number of benzene rings is 1. The summed E-state index contributed by atoms with van der Waals surface area (Å²) < 4.78 is 36.0. The van der Waals surface area contributed by atoms with Gasteiger partial charge < -0.3 is 20.1 Å². The maximum absolute atomic E-state index is 11.3. The highest BCUT2D eigenvalue weighted by Crippen LogP contribution is 2.30. The molecule has 1 rings (SSSR count). The zero-order valence-corrected chi connectivity index (χ0v) is 16.1. The molecule has 0 aliphatic rings. The Morgan fingerprint density at radius 1 is 1.20 bits per heavy atom. The Kier molecular flexibility index (Phi) is 9.07. The normalized spacial score (nSPS) is 11.9. The summed E-state index contributed by atoms with van der Waals surface area (Å²) in [6.45, 7) is 5.03. The first-order chi connectivity index (χ1) is 12.0. The molecule has 0 aromatic heterocycles. The van der Waals surface area contributed by atoms with Crippen molar-refractivity contribution in [2.45, 2.75) is 20.3 Å². The van der Waals surface area contributed by atoms with Crippen molar-refractivity contribution in [1.29, 1.82) is 0 Å². The molecule has 0 fully saturated rings. The molecular formula is C16H28N4O4S. The van der Waals surface area contributed by atoms with Gasteiger partial charge in [0.2, 0.25) is 10.0 Å². The lowest BCUT2D eigenvalue weighted by Gasteiger charge is -2.14. The molecule has 3 N–H and O–H groups in total. The van der Waals surface area contributed by atoms with Gasteiger partial charge in [-0.25, -0.2) is 13.1 Å². The van der Waals surface area contributed by atoms with E-state index in [1.807, 2.05) is 25.1 Å². The maximum Gasteiger partial charge on any atom is 0.211 e. The topological polar surface area (TPSA) is 101 Å². The van der Waals surface area contributed by atoms with E-state index in [0.717, 1.165) is 5.69 Å². The van der Waals surface area contributed by atoms with Gasteiger partial charge in [-0.2, -0.15) is 0 Å². The molecule has 0 amide bonds. The van der Waals surface area contributed by atoms with Crippen LogP contribution in [-0.4, -0.2) is 54.0 Å². The Morgan fingerprint density at radius 2 is 1.96 bits per heavy atom. The van der Waals surface area contributed by atoms with Gasteiger partial charge in [0.1, 0.15) is 0 Å². The van der Waals surface area contributed by atoms with E-state index in [9.17, 15) is 8.42 Å². The summed E-state index contributed by atoms with van der Waals surface area (Å²) in [4.78, 5) is 4.15. The molecule has 9 heteroatoms. The average molecular weight is 372 g/mol. The van der Waals surface area contributed by atoms with E-state index in [2.05, 4.69) is 20.3 Å². The second-order valence-electron chi connectivity index (χ2n) is 5.07. The Balaban J connectivity index is 2.52. The molecule has 0 saturated carbocycles. The first-order valence-electron chi connectivity index (χ1n) is 8.21. The van der Waals surface area contributed by atoms with Gasteiger partial charge in [-0.3, -0.25) is 4.99 Å². The molecule has 0 unspecified atom stereocenters. The van der Waals surface area contributed by atoms with E-state index in [-0.39, 0.29) is 5.75 Å². The van der Waals surface area contributed by atoms with Crippen LogP contribution in [0.25, 0.3) is 0 Å². The highest BCUT2D eigenvalue weighted by Gasteiger charge is 2.07. The fourth-order valence-electron chi connectivity index (χ4n) is 1.96. The number of nitrogens with one attached hydrogen (secondary N) is 3. The highest BCUT2D eigenvalue weighted by atomic mass is 32.2. The molecule has 0 radical (unpaired) electrons. The number of methoxy groups -OCH3 is 1. The minimum absolute atomic E-state index is 0.0866. The van der Waals surface area contributed by atoms with Crippen LogP contribution in [0.4, 0.5) is 5.69 Å². The minimum atomic E-state index is -3.14. The zero-order chi connectivity index (χ0) is 18.7. The predicted octanol–water partition coefficient (Wildman–Crippen LogP) is 1.41. The Bertz CT molecular complexity index is 662. The van der Waals surface area contributed by atoms with Gasteiger partial charge in [0.25, 0.3) is 0 Å². The lowest BCUT2D eigenvalue weighted by molar-refractivity contribution is 0.311. The SMILES string of the molecule is CCOc1cc(NC(=NC)NCCCNS(=O)(=O)CC)ccc1OC. The molecule has 1 aromatic rings. The van der Waals surface area contributed by atoms with E-state index >= 15 is 0 Å². The lowest BCUT2D eigenvalue weighted by Crippen LogP contribution is -2.34. The van der Waals surface area contributed by atoms with Crippen LogP contribution >= 0.6 is 0 Å². The molecule has 25 heavy (non-hydrogen) atoms. The van der Waals surface area contributed by atoms with Crippen LogP contribution in [0.15, 0.2) is 23.2 Å². The molecule has 0 bridgehead atoms. The van der Waals surface area contributed by atoms with Gasteiger partial charge in [-0.15, -0.1) is 0 Å². The Labute approximate surface area is 150 Å². The van der Waals surface area contributed by atoms with Crippen molar-refractivity contribution < 1.29 is 17.9 Å². The van der Waals surface area contributed by atoms with Crippen LogP contribution in [0.2, 0.25) is 0 Å². The number of aliphatic imine (C=N–C) groups is 1. The average Bonchev–Trinajstić information content (AvgIpc) is 2.61. The van der Waals surface area contributed by atoms with E-state index in [4.69, 9.17) is 9.47 Å². The second-order valence-corrected chi connectivity index (χ2v) is 7.17. The Morgan fingerprint density at radius 3 is 2.56 bits per heavy atom. The first-order valence-corrected chi connectivity index (χ1v) is 9.86. The van der Waals surface area contributed by atoms with E-state index in [1.165, 1.54) is 0 Å². The van der Waals surface area contributed by atoms with Crippen molar-refractivity contribution in [3.05, 3.63) is 18.2 Å². The molecule has 0 atom stereocenters. The fourth-order valence-corrected chi connectivity index (χ4v) is 2.62. The van der Waals surface area contributed by atoms with Gasteiger partial charge in [-0.1, -0.05) is 0 Å². The third-order valence-electron chi connectivity index (χ3n) is 3.30. The molecule has 0 saturated heterocycles. The van der Waals surface area contributed by atoms with Crippen LogP contribution in [-0.2, 0) is 10.0 Å². The molecule has 8 nitrogen and oxygen atoms in total. The maximum atomic E-state index is 11.3. The predicted molar refractivity (Wildman–Crippen MR) is 101 cm³/mol. The highest BCUT2D eigenvalue weighted by molar-refractivity contribution is 7.89. The van der Waals surface area contributed by atoms with Crippen LogP contribution in [0.1, 0.15) is 20.3 Å². The number of rotatable bonds is 10. The number of anilines is 1. The number of ether oxygens (including phenoxy) is 2. The van der Waals surface area contributed by atoms with Crippen LogP contribution in [0.3, 0.4) is 0 Å². The van der Waals surface area contributed by atoms with E-state index < -0.39 is 10.0 Å². The zero-order valence-electron chi connectivity index (χ0n) is 15.3. The van der Waals surface area contributed by atoms with Gasteiger partial charge in [-0.05, 0) is 32.4 Å². The van der Waals surface area contributed by atoms with Gasteiger partial charge in [0.05, 0.1) is 19.5 Å². The molecule has 0 aliphatic carbocycles. The van der Waals surface area contributed by atoms with E-state index in [0.29, 0.717) is 43.6 Å². The van der Waals surface area contributed by atoms with Crippen molar-refractivity contribution >= 4 is 21.7 Å². The molecule has 0 aliphatic heterocycles. The summed E-state index contributed by atoms with van der Waals surface area (Å²) in [6, 6.07) is 5.52. The fraction of sp³-hybridized carbons (Fsp3) is 0.562. The Hall–Kier alpha value is -2.00. The molecule has 0 spiro atoms. The summed E-state index contributed by atoms with van der Waals surface area (Å²) in [6.07, 6.45) is 0.646. The number of hydrogen-bond acceptors (Lipinski definition) is 5. The summed E-state index contributed by atoms with van der Waals surface area (Å²) in [7, 11) is 0.124. The summed E-state index contributed by atoms with van der Waals surface area (Å²) in [5.74, 6) is 1.99. The standard InChI is InChI=1S/C16H28N4O4S/c1-5-24-15-12-13(8-9-14(15)23-4)20-16(17-3)18-10-7-11-19-25(21,22)6-2/h8-9,12,19H,5-7,10-11H2,1-4H3,(H2,17,18,20). The molecular weight excluding hydrogens is 344 g/mol. The van der Waals surface area contributed by atoms with Crippen molar-refractivity contribution in [3.63, 3.8) is 0 Å². The third kappa shape index (κ3) is 7.61. The second kappa shape index (κ2) is 10.8. The van der Waals surface area contributed by atoms with Crippen LogP contribution in [0, 0.1) is 0 Å². The third-order valence-corrected chi connectivity index (χ3v) is 4.70. The van der Waals surface area contributed by atoms with Crippen molar-refractivity contribution in [1.82, 2.24) is 10.0 Å². The molecule has 142 valence electrons. The smallest absolute Gasteiger partial charge is 0.211 e. The summed E-state index contributed by atoms with van der Waals surface area (Å²) in [5, 5.41) is 6.30. The number of hydrogen-bond donors (Lipinski definition) is 3. The number of sulfonamides is 1. The van der Waals surface area contributed by atoms with Crippen molar-refractivity contribution in [2.75, 3.05) is 44.9 Å². The number of nitrogens with zero attached hydrogens (tertiary/aromatic N) is 1.